The van der Waals surface area contributed by atoms with E-state index < -0.39 is 0 Å². The number of amides is 1. The highest BCUT2D eigenvalue weighted by atomic mass is 35.5. The molecule has 2 aliphatic heterocycles. The molecule has 0 unspecified atom stereocenters. The highest BCUT2D eigenvalue weighted by molar-refractivity contribution is 5.85. The summed E-state index contributed by atoms with van der Waals surface area (Å²) in [7, 11) is 0. The fourth-order valence-corrected chi connectivity index (χ4v) is 3.42. The Labute approximate surface area is 156 Å². The molecule has 0 aromatic carbocycles. The summed E-state index contributed by atoms with van der Waals surface area (Å²) >= 11 is 0. The van der Waals surface area contributed by atoms with Crippen molar-refractivity contribution in [3.05, 3.63) is 23.9 Å². The first-order valence-electron chi connectivity index (χ1n) is 9.17. The third-order valence-electron chi connectivity index (χ3n) is 5.13. The molecule has 0 aliphatic carbocycles. The zero-order valence-corrected chi connectivity index (χ0v) is 15.9. The van der Waals surface area contributed by atoms with E-state index in [0.717, 1.165) is 70.0 Å². The van der Waals surface area contributed by atoms with Crippen molar-refractivity contribution < 1.29 is 4.79 Å². The topological polar surface area (TPSA) is 60.5 Å². The Bertz CT molecular complexity index is 525. The van der Waals surface area contributed by atoms with Crippen LogP contribution in [0, 0.1) is 5.92 Å². The maximum absolute atomic E-state index is 12.2. The number of hydrogen-bond donors (Lipinski definition) is 2. The molecule has 2 aliphatic rings. The van der Waals surface area contributed by atoms with Crippen molar-refractivity contribution in [1.82, 2.24) is 20.5 Å². The molecule has 0 saturated carbocycles. The van der Waals surface area contributed by atoms with E-state index in [1.165, 1.54) is 0 Å². The number of likely N-dealkylation sites (N-methyl/N-ethyl adjacent to an activating group) is 1. The molecule has 1 amide bonds. The molecule has 0 spiro atoms. The van der Waals surface area contributed by atoms with Crippen LogP contribution in [-0.4, -0.2) is 61.6 Å². The average Bonchev–Trinajstić information content (AvgIpc) is 2.67. The summed E-state index contributed by atoms with van der Waals surface area (Å²) in [6.45, 7) is 10.1. The number of anilines is 1. The predicted octanol–water partition coefficient (Wildman–Crippen LogP) is 1.26. The molecule has 0 bridgehead atoms. The number of nitrogens with zero attached hydrogens (tertiary/aromatic N) is 3. The van der Waals surface area contributed by atoms with E-state index in [1.807, 2.05) is 6.20 Å². The van der Waals surface area contributed by atoms with Crippen molar-refractivity contribution in [2.75, 3.05) is 50.7 Å². The van der Waals surface area contributed by atoms with Gasteiger partial charge in [-0.1, -0.05) is 13.0 Å². The van der Waals surface area contributed by atoms with Gasteiger partial charge < -0.3 is 20.4 Å². The minimum Gasteiger partial charge on any atom is -0.354 e. The number of halogens is 1. The van der Waals surface area contributed by atoms with Gasteiger partial charge >= 0.3 is 0 Å². The predicted molar refractivity (Wildman–Crippen MR) is 103 cm³/mol. The quantitative estimate of drug-likeness (QED) is 0.820. The molecule has 140 valence electrons. The SMILES string of the molecule is CCN1CCN(c2ccc(CNC(=O)C3CCNCC3)cn2)CC1.Cl. The van der Waals surface area contributed by atoms with Gasteiger partial charge in [-0.3, -0.25) is 4.79 Å². The van der Waals surface area contributed by atoms with E-state index >= 15 is 0 Å². The molecule has 2 fully saturated rings. The van der Waals surface area contributed by atoms with Crippen molar-refractivity contribution in [3.8, 4) is 0 Å². The van der Waals surface area contributed by atoms with Crippen molar-refractivity contribution >= 4 is 24.1 Å². The Morgan fingerprint density at radius 2 is 1.96 bits per heavy atom. The molecule has 1 aromatic heterocycles. The van der Waals surface area contributed by atoms with Crippen molar-refractivity contribution in [2.24, 2.45) is 5.92 Å². The van der Waals surface area contributed by atoms with Gasteiger partial charge in [0.2, 0.25) is 5.91 Å². The third-order valence-corrected chi connectivity index (χ3v) is 5.13. The van der Waals surface area contributed by atoms with Gasteiger partial charge in [0.05, 0.1) is 0 Å². The highest BCUT2D eigenvalue weighted by Crippen LogP contribution is 2.15. The van der Waals surface area contributed by atoms with Crippen molar-refractivity contribution in [3.63, 3.8) is 0 Å². The van der Waals surface area contributed by atoms with Crippen LogP contribution in [0.4, 0.5) is 5.82 Å². The largest absolute Gasteiger partial charge is 0.354 e. The van der Waals surface area contributed by atoms with Gasteiger partial charge in [-0.2, -0.15) is 0 Å². The number of piperidine rings is 1. The molecular formula is C18H30ClN5O. The minimum absolute atomic E-state index is 0. The van der Waals surface area contributed by atoms with E-state index in [-0.39, 0.29) is 24.2 Å². The summed E-state index contributed by atoms with van der Waals surface area (Å²) in [6.07, 6.45) is 3.77. The first kappa shape index (κ1) is 19.9. The third kappa shape index (κ3) is 5.56. The average molecular weight is 368 g/mol. The maximum Gasteiger partial charge on any atom is 0.223 e. The van der Waals surface area contributed by atoms with Crippen molar-refractivity contribution in [2.45, 2.75) is 26.3 Å². The molecule has 3 rings (SSSR count). The maximum atomic E-state index is 12.2. The fraction of sp³-hybridized carbons (Fsp3) is 0.667. The molecule has 3 heterocycles. The van der Waals surface area contributed by atoms with Gasteiger partial charge in [0.1, 0.15) is 5.82 Å². The lowest BCUT2D eigenvalue weighted by Gasteiger charge is -2.34. The molecule has 1 aromatic rings. The standard InChI is InChI=1S/C18H29N5O.ClH/c1-2-22-9-11-23(12-10-22)17-4-3-15(13-20-17)14-21-18(24)16-5-7-19-8-6-16;/h3-4,13,16,19H,2,5-12,14H2,1H3,(H,21,24);1H. The van der Waals surface area contributed by atoms with Crippen LogP contribution in [0.5, 0.6) is 0 Å². The first-order valence-corrected chi connectivity index (χ1v) is 9.17. The summed E-state index contributed by atoms with van der Waals surface area (Å²) < 4.78 is 0. The minimum atomic E-state index is 0. The number of piperazine rings is 1. The van der Waals surface area contributed by atoms with E-state index in [4.69, 9.17) is 0 Å². The Morgan fingerprint density at radius 3 is 2.56 bits per heavy atom. The number of rotatable bonds is 5. The van der Waals surface area contributed by atoms with E-state index in [9.17, 15) is 4.79 Å². The van der Waals surface area contributed by atoms with Crippen LogP contribution in [0.25, 0.3) is 0 Å². The summed E-state index contributed by atoms with van der Waals surface area (Å²) in [5, 5.41) is 6.34. The lowest BCUT2D eigenvalue weighted by atomic mass is 9.97. The lowest BCUT2D eigenvalue weighted by Crippen LogP contribution is -2.46. The van der Waals surface area contributed by atoms with E-state index in [2.05, 4.69) is 44.5 Å². The smallest absolute Gasteiger partial charge is 0.223 e. The molecule has 7 heteroatoms. The Morgan fingerprint density at radius 1 is 1.24 bits per heavy atom. The summed E-state index contributed by atoms with van der Waals surface area (Å²) in [6, 6.07) is 4.16. The van der Waals surface area contributed by atoms with Crippen LogP contribution in [0.2, 0.25) is 0 Å². The molecule has 2 saturated heterocycles. The molecule has 0 atom stereocenters. The zero-order chi connectivity index (χ0) is 16.8. The van der Waals surface area contributed by atoms with Gasteiger partial charge in [-0.25, -0.2) is 4.98 Å². The van der Waals surface area contributed by atoms with Gasteiger partial charge in [0.15, 0.2) is 0 Å². The number of hydrogen-bond acceptors (Lipinski definition) is 5. The summed E-state index contributed by atoms with van der Waals surface area (Å²) in [5.41, 5.74) is 1.06. The second-order valence-electron chi connectivity index (χ2n) is 6.69. The van der Waals surface area contributed by atoms with Crippen LogP contribution in [-0.2, 0) is 11.3 Å². The second kappa shape index (κ2) is 9.94. The molecule has 25 heavy (non-hydrogen) atoms. The van der Waals surface area contributed by atoms with Gasteiger partial charge in [-0.05, 0) is 44.1 Å². The van der Waals surface area contributed by atoms with Gasteiger partial charge in [0, 0.05) is 44.8 Å². The van der Waals surface area contributed by atoms with Gasteiger partial charge in [-0.15, -0.1) is 12.4 Å². The molecule has 0 radical (unpaired) electrons. The van der Waals surface area contributed by atoms with Crippen LogP contribution in [0.15, 0.2) is 18.3 Å². The summed E-state index contributed by atoms with van der Waals surface area (Å²) in [4.78, 5) is 21.6. The van der Waals surface area contributed by atoms with Crippen LogP contribution in [0.3, 0.4) is 0 Å². The lowest BCUT2D eigenvalue weighted by molar-refractivity contribution is -0.125. The normalized spacial score (nSPS) is 19.3. The first-order chi connectivity index (χ1) is 11.8. The number of carbonyl (C=O) groups excluding carboxylic acids is 1. The Kier molecular flexibility index (Phi) is 7.93. The van der Waals surface area contributed by atoms with Crippen molar-refractivity contribution in [1.29, 1.82) is 0 Å². The number of aromatic nitrogens is 1. The molecule has 6 nitrogen and oxygen atoms in total. The number of pyridine rings is 1. The van der Waals surface area contributed by atoms with Gasteiger partial charge in [0.25, 0.3) is 0 Å². The monoisotopic (exact) mass is 367 g/mol. The van der Waals surface area contributed by atoms with E-state index in [1.54, 1.807) is 0 Å². The number of nitrogens with one attached hydrogen (secondary N) is 2. The highest BCUT2D eigenvalue weighted by Gasteiger charge is 2.20. The number of carbonyl (C=O) groups is 1. The molecule has 2 N–H and O–H groups in total. The second-order valence-corrected chi connectivity index (χ2v) is 6.69. The molecular weight excluding hydrogens is 338 g/mol. The Balaban J connectivity index is 0.00000225. The van der Waals surface area contributed by atoms with Crippen LogP contribution >= 0.6 is 12.4 Å². The Hall–Kier alpha value is -1.37. The van der Waals surface area contributed by atoms with Crippen LogP contribution < -0.4 is 15.5 Å². The van der Waals surface area contributed by atoms with E-state index in [0.29, 0.717) is 6.54 Å². The summed E-state index contributed by atoms with van der Waals surface area (Å²) in [5.74, 6) is 1.38. The zero-order valence-electron chi connectivity index (χ0n) is 15.0. The fourth-order valence-electron chi connectivity index (χ4n) is 3.42. The van der Waals surface area contributed by atoms with Crippen LogP contribution in [0.1, 0.15) is 25.3 Å².